The molecule has 1 aromatic carbocycles. The molecule has 12 heteroatoms. The van der Waals surface area contributed by atoms with E-state index in [1.807, 2.05) is 29.7 Å². The number of nitrogens with zero attached hydrogens (tertiary/aromatic N) is 5. The predicted octanol–water partition coefficient (Wildman–Crippen LogP) is 4.20. The second kappa shape index (κ2) is 10.4. The number of alkyl halides is 1. The van der Waals surface area contributed by atoms with Crippen molar-refractivity contribution in [3.8, 4) is 11.4 Å². The summed E-state index contributed by atoms with van der Waals surface area (Å²) in [6.45, 7) is 3.51. The van der Waals surface area contributed by atoms with E-state index in [-0.39, 0.29) is 22.9 Å². The average Bonchev–Trinajstić information content (AvgIpc) is 3.19. The van der Waals surface area contributed by atoms with Crippen molar-refractivity contribution in [2.24, 2.45) is 0 Å². The van der Waals surface area contributed by atoms with Gasteiger partial charge >= 0.3 is 0 Å². The Hall–Kier alpha value is -2.27. The number of para-hydroxylation sites is 1. The molecule has 0 bridgehead atoms. The molecule has 188 valence electrons. The smallest absolute Gasteiger partial charge is 0.163 e. The van der Waals surface area contributed by atoms with E-state index in [9.17, 15) is 8.42 Å². The number of halogens is 2. The number of ether oxygens (including phenoxy) is 2. The third-order valence-electron chi connectivity index (χ3n) is 6.32. The lowest BCUT2D eigenvalue weighted by Gasteiger charge is -2.31. The van der Waals surface area contributed by atoms with Gasteiger partial charge in [0, 0.05) is 30.8 Å². The number of hydrogen-bond acceptors (Lipinski definition) is 8. The lowest BCUT2D eigenvalue weighted by Crippen LogP contribution is -2.30. The highest BCUT2D eigenvalue weighted by atomic mass is 35.5. The maximum Gasteiger partial charge on any atom is 0.163 e. The maximum atomic E-state index is 13.6. The van der Waals surface area contributed by atoms with Crippen LogP contribution < -0.4 is 4.74 Å². The van der Waals surface area contributed by atoms with Crippen molar-refractivity contribution in [1.82, 2.24) is 24.7 Å². The highest BCUT2D eigenvalue weighted by Crippen LogP contribution is 2.42. The fraction of sp³-hybridized carbons (Fsp3) is 0.478. The lowest BCUT2D eigenvalue weighted by molar-refractivity contribution is 0.0948. The molecule has 2 aromatic heterocycles. The van der Waals surface area contributed by atoms with Gasteiger partial charge in [-0.1, -0.05) is 23.7 Å². The fourth-order valence-electron chi connectivity index (χ4n) is 4.25. The summed E-state index contributed by atoms with van der Waals surface area (Å²) in [5, 5.41) is 8.18. The van der Waals surface area contributed by atoms with Crippen LogP contribution in [0.15, 0.2) is 30.6 Å². The second-order valence-corrected chi connectivity index (χ2v) is 12.0. The zero-order valence-corrected chi connectivity index (χ0v) is 22.2. The van der Waals surface area contributed by atoms with Gasteiger partial charge in [0.15, 0.2) is 21.5 Å². The number of aryl methyl sites for hydroxylation is 1. The van der Waals surface area contributed by atoms with E-state index in [0.29, 0.717) is 22.4 Å². The van der Waals surface area contributed by atoms with Crippen LogP contribution in [0.3, 0.4) is 0 Å². The molecule has 1 aliphatic rings. The van der Waals surface area contributed by atoms with Crippen molar-refractivity contribution in [2.75, 3.05) is 14.2 Å². The number of sulfone groups is 1. The minimum Gasteiger partial charge on any atom is -0.495 e. The Morgan fingerprint density at radius 2 is 1.86 bits per heavy atom. The topological polar surface area (TPSA) is 109 Å². The van der Waals surface area contributed by atoms with Gasteiger partial charge in [-0.05, 0) is 38.3 Å². The van der Waals surface area contributed by atoms with Crippen LogP contribution >= 0.6 is 23.2 Å². The molecule has 0 N–H and O–H groups in total. The van der Waals surface area contributed by atoms with Gasteiger partial charge in [-0.15, -0.1) is 21.8 Å². The van der Waals surface area contributed by atoms with E-state index < -0.39 is 21.2 Å². The van der Waals surface area contributed by atoms with Gasteiger partial charge in [-0.3, -0.25) is 4.57 Å². The van der Waals surface area contributed by atoms with Crippen LogP contribution in [-0.4, -0.2) is 58.0 Å². The summed E-state index contributed by atoms with van der Waals surface area (Å²) in [5.74, 6) is 1.53. The van der Waals surface area contributed by atoms with Crippen LogP contribution in [0.4, 0.5) is 0 Å². The van der Waals surface area contributed by atoms with Gasteiger partial charge in [0.05, 0.1) is 23.1 Å². The Labute approximate surface area is 214 Å². The van der Waals surface area contributed by atoms with Gasteiger partial charge < -0.3 is 9.47 Å². The Morgan fingerprint density at radius 3 is 2.46 bits per heavy atom. The number of aromatic nitrogens is 5. The molecule has 0 spiro atoms. The first-order valence-electron chi connectivity index (χ1n) is 11.1. The summed E-state index contributed by atoms with van der Waals surface area (Å²) in [7, 11) is -0.785. The normalized spacial score (nSPS) is 19.7. The number of methoxy groups -OCH3 is 2. The summed E-state index contributed by atoms with van der Waals surface area (Å²) in [4.78, 5) is 8.30. The fourth-order valence-corrected chi connectivity index (χ4v) is 6.20. The van der Waals surface area contributed by atoms with Crippen molar-refractivity contribution in [3.05, 3.63) is 58.7 Å². The summed E-state index contributed by atoms with van der Waals surface area (Å²) in [6, 6.07) is 5.65. The molecule has 1 aliphatic carbocycles. The molecule has 0 amide bonds. The van der Waals surface area contributed by atoms with Crippen molar-refractivity contribution in [1.29, 1.82) is 0 Å². The lowest BCUT2D eigenvalue weighted by atomic mass is 9.84. The second-order valence-electron chi connectivity index (χ2n) is 8.63. The van der Waals surface area contributed by atoms with Crippen molar-refractivity contribution >= 4 is 33.0 Å². The van der Waals surface area contributed by atoms with Crippen LogP contribution in [0.1, 0.15) is 54.8 Å². The maximum absolute atomic E-state index is 13.6. The summed E-state index contributed by atoms with van der Waals surface area (Å²) in [6.07, 6.45) is 3.43. The summed E-state index contributed by atoms with van der Waals surface area (Å²) in [5.41, 5.74) is 1.62. The van der Waals surface area contributed by atoms with Gasteiger partial charge in [-0.25, -0.2) is 18.4 Å². The number of benzene rings is 1. The third kappa shape index (κ3) is 5.16. The van der Waals surface area contributed by atoms with Gasteiger partial charge in [0.25, 0.3) is 0 Å². The van der Waals surface area contributed by atoms with Gasteiger partial charge in [0.2, 0.25) is 0 Å². The van der Waals surface area contributed by atoms with E-state index in [0.717, 1.165) is 24.1 Å². The monoisotopic (exact) mass is 539 g/mol. The summed E-state index contributed by atoms with van der Waals surface area (Å²) < 4.78 is 40.1. The minimum atomic E-state index is -3.79. The number of hydrogen-bond donors (Lipinski definition) is 0. The van der Waals surface area contributed by atoms with Crippen molar-refractivity contribution < 1.29 is 17.9 Å². The van der Waals surface area contributed by atoms with Crippen LogP contribution in [0.2, 0.25) is 5.02 Å². The minimum absolute atomic E-state index is 0.0676. The Morgan fingerprint density at radius 1 is 1.17 bits per heavy atom. The van der Waals surface area contributed by atoms with Crippen LogP contribution in [-0.2, 0) is 20.3 Å². The molecule has 35 heavy (non-hydrogen) atoms. The quantitative estimate of drug-likeness (QED) is 0.372. The van der Waals surface area contributed by atoms with E-state index in [2.05, 4.69) is 20.2 Å². The Kier molecular flexibility index (Phi) is 7.65. The first kappa shape index (κ1) is 25.8. The van der Waals surface area contributed by atoms with Crippen molar-refractivity contribution in [3.63, 3.8) is 0 Å². The zero-order chi connectivity index (χ0) is 25.3. The van der Waals surface area contributed by atoms with E-state index >= 15 is 0 Å². The molecule has 0 unspecified atom stereocenters. The molecule has 1 saturated carbocycles. The Balaban J connectivity index is 1.74. The molecule has 1 fully saturated rings. The number of rotatable bonds is 9. The third-order valence-corrected chi connectivity index (χ3v) is 8.91. The Bertz CT molecular complexity index is 1290. The molecular formula is C23H27Cl2N5O4S. The largest absolute Gasteiger partial charge is 0.495 e. The zero-order valence-electron chi connectivity index (χ0n) is 19.9. The highest BCUT2D eigenvalue weighted by molar-refractivity contribution is 7.91. The van der Waals surface area contributed by atoms with Gasteiger partial charge in [-0.2, -0.15) is 0 Å². The predicted molar refractivity (Wildman–Crippen MR) is 133 cm³/mol. The van der Waals surface area contributed by atoms with E-state index in [1.54, 1.807) is 14.0 Å². The summed E-state index contributed by atoms with van der Waals surface area (Å²) >= 11 is 12.1. The molecule has 0 radical (unpaired) electrons. The van der Waals surface area contributed by atoms with Crippen molar-refractivity contribution in [2.45, 2.75) is 55.1 Å². The SMILES string of the molecule is COc1cccc(C)c1-n1c(CS(=O)(=O)[C@@H](C)[C@H](OC)c2ncc(Cl)cn2)nnc1C1CC(Cl)C1. The van der Waals surface area contributed by atoms with E-state index in [4.69, 9.17) is 32.7 Å². The molecule has 0 aliphatic heterocycles. The average molecular weight is 540 g/mol. The standard InChI is InChI=1S/C23H27Cl2N5O4S/c1-13-6-5-7-18(33-3)20(13)30-19(28-29-23(30)15-8-16(24)9-15)12-35(31,32)14(2)21(34-4)22-26-10-17(25)11-27-22/h5-7,10-11,14-16,21H,8-9,12H2,1-4H3/t14-,15?,16?,21-/m0/s1. The van der Waals surface area contributed by atoms with Crippen LogP contribution in [0.5, 0.6) is 5.75 Å². The molecule has 4 rings (SSSR count). The van der Waals surface area contributed by atoms with Crippen LogP contribution in [0.25, 0.3) is 5.69 Å². The molecule has 0 saturated heterocycles. The first-order valence-corrected chi connectivity index (χ1v) is 13.6. The van der Waals surface area contributed by atoms with Gasteiger partial charge in [0.1, 0.15) is 23.4 Å². The van der Waals surface area contributed by atoms with Crippen LogP contribution in [0, 0.1) is 6.92 Å². The molecular weight excluding hydrogens is 513 g/mol. The van der Waals surface area contributed by atoms with E-state index in [1.165, 1.54) is 19.5 Å². The molecule has 2 heterocycles. The highest BCUT2D eigenvalue weighted by Gasteiger charge is 2.38. The first-order chi connectivity index (χ1) is 16.7. The molecule has 3 aromatic rings. The molecule has 2 atom stereocenters. The molecule has 9 nitrogen and oxygen atoms in total.